The quantitative estimate of drug-likeness (QED) is 0.199. The molecule has 1 N–H and O–H groups in total. The number of aryl methyl sites for hydroxylation is 1. The van der Waals surface area contributed by atoms with Gasteiger partial charge in [0.25, 0.3) is 0 Å². The Labute approximate surface area is 245 Å². The molecule has 0 spiro atoms. The van der Waals surface area contributed by atoms with Crippen LogP contribution >= 0.6 is 11.6 Å². The fraction of sp³-hybridized carbons (Fsp3) is 0.424. The lowest BCUT2D eigenvalue weighted by Gasteiger charge is -2.36. The van der Waals surface area contributed by atoms with Gasteiger partial charge in [-0.2, -0.15) is 0 Å². The van der Waals surface area contributed by atoms with Crippen LogP contribution in [0.2, 0.25) is 5.02 Å². The molecule has 1 heterocycles. The number of carbonyl (C=O) groups is 1. The molecular formula is C33H37ClF2N2O3. The molecule has 8 heteroatoms. The van der Waals surface area contributed by atoms with Crippen molar-refractivity contribution in [2.75, 3.05) is 26.8 Å². The molecule has 1 aliphatic heterocycles. The van der Waals surface area contributed by atoms with Gasteiger partial charge in [-0.25, -0.2) is 8.78 Å². The van der Waals surface area contributed by atoms with Crippen molar-refractivity contribution < 1.29 is 23.0 Å². The summed E-state index contributed by atoms with van der Waals surface area (Å²) in [5, 5.41) is 3.12. The van der Waals surface area contributed by atoms with E-state index in [9.17, 15) is 13.6 Å². The smallest absolute Gasteiger partial charge is 0.228 e. The van der Waals surface area contributed by atoms with Crippen LogP contribution in [0.5, 0.6) is 11.5 Å². The fourth-order valence-corrected chi connectivity index (χ4v) is 5.97. The lowest BCUT2D eigenvalue weighted by molar-refractivity contribution is -0.138. The molecule has 5 nitrogen and oxygen atoms in total. The van der Waals surface area contributed by atoms with Gasteiger partial charge in [0, 0.05) is 19.1 Å². The van der Waals surface area contributed by atoms with E-state index in [0.717, 1.165) is 66.8 Å². The maximum absolute atomic E-state index is 14.0. The molecular weight excluding hydrogens is 546 g/mol. The monoisotopic (exact) mass is 582 g/mol. The number of hydrogen-bond donors (Lipinski definition) is 1. The lowest BCUT2D eigenvalue weighted by Crippen LogP contribution is -2.47. The Hall–Kier alpha value is -3.16. The molecule has 2 unspecified atom stereocenters. The van der Waals surface area contributed by atoms with Gasteiger partial charge in [0.15, 0.2) is 11.6 Å². The summed E-state index contributed by atoms with van der Waals surface area (Å²) < 4.78 is 38.5. The molecule has 0 bridgehead atoms. The first-order valence-corrected chi connectivity index (χ1v) is 14.7. The molecule has 0 radical (unpaired) electrons. The second-order valence-electron chi connectivity index (χ2n) is 11.0. The average Bonchev–Trinajstić information content (AvgIpc) is 3.84. The zero-order valence-corrected chi connectivity index (χ0v) is 24.4. The summed E-state index contributed by atoms with van der Waals surface area (Å²) in [6.45, 7) is 4.42. The van der Waals surface area contributed by atoms with E-state index in [1.165, 1.54) is 5.56 Å². The first kappa shape index (κ1) is 29.3. The predicted molar refractivity (Wildman–Crippen MR) is 157 cm³/mol. The van der Waals surface area contributed by atoms with Crippen LogP contribution in [0, 0.1) is 24.5 Å². The first-order chi connectivity index (χ1) is 19.9. The second-order valence-corrected chi connectivity index (χ2v) is 11.4. The Morgan fingerprint density at radius 1 is 1.05 bits per heavy atom. The van der Waals surface area contributed by atoms with Crippen LogP contribution in [0.3, 0.4) is 0 Å². The van der Waals surface area contributed by atoms with Gasteiger partial charge >= 0.3 is 0 Å². The van der Waals surface area contributed by atoms with Crippen LogP contribution in [-0.4, -0.2) is 43.7 Å². The summed E-state index contributed by atoms with van der Waals surface area (Å²) in [6.07, 6.45) is 4.35. The standard InChI is InChI=1S/C33H37ClF2N2O3/c1-21-24(6-3-7-30(21)40-2)20-38(25-12-13-25)33(39)27-19-37-17-16-26(27)23-10-8-22(9-11-23)5-4-18-41-32-29(36)15-14-28(35)31(32)34/h3,6-11,14-15,25-27,37H,4-5,12-13,16-20H2,1-2H3. The first-order valence-electron chi connectivity index (χ1n) is 14.4. The summed E-state index contributed by atoms with van der Waals surface area (Å²) in [5.74, 6) is -0.539. The topological polar surface area (TPSA) is 50.8 Å². The molecule has 2 atom stereocenters. The van der Waals surface area contributed by atoms with Crippen molar-refractivity contribution in [2.24, 2.45) is 5.92 Å². The molecule has 1 saturated carbocycles. The Bertz CT molecular complexity index is 1360. The molecule has 2 aliphatic rings. The number of methoxy groups -OCH3 is 1. The lowest BCUT2D eigenvalue weighted by atomic mass is 9.80. The summed E-state index contributed by atoms with van der Waals surface area (Å²) in [5.41, 5.74) is 4.50. The van der Waals surface area contributed by atoms with Crippen molar-refractivity contribution in [3.05, 3.63) is 93.5 Å². The van der Waals surface area contributed by atoms with Gasteiger partial charge in [-0.1, -0.05) is 48.0 Å². The van der Waals surface area contributed by atoms with Crippen molar-refractivity contribution >= 4 is 17.5 Å². The van der Waals surface area contributed by atoms with Gasteiger partial charge in [0.2, 0.25) is 5.91 Å². The van der Waals surface area contributed by atoms with Crippen LogP contribution in [-0.2, 0) is 17.8 Å². The third kappa shape index (κ3) is 6.84. The van der Waals surface area contributed by atoms with Crippen LogP contribution in [0.1, 0.15) is 53.9 Å². The molecule has 1 aliphatic carbocycles. The molecule has 41 heavy (non-hydrogen) atoms. The number of carbonyl (C=O) groups excluding carboxylic acids is 1. The largest absolute Gasteiger partial charge is 0.496 e. The van der Waals surface area contributed by atoms with E-state index in [1.54, 1.807) is 7.11 Å². The number of benzene rings is 3. The van der Waals surface area contributed by atoms with E-state index < -0.39 is 11.6 Å². The van der Waals surface area contributed by atoms with E-state index in [-0.39, 0.29) is 35.1 Å². The highest BCUT2D eigenvalue weighted by Gasteiger charge is 2.40. The van der Waals surface area contributed by atoms with Crippen molar-refractivity contribution in [1.29, 1.82) is 0 Å². The van der Waals surface area contributed by atoms with Gasteiger partial charge in [-0.05, 0) is 91.9 Å². The second kappa shape index (κ2) is 13.2. The van der Waals surface area contributed by atoms with Crippen molar-refractivity contribution in [3.8, 4) is 11.5 Å². The molecule has 3 aromatic carbocycles. The third-order valence-corrected chi connectivity index (χ3v) is 8.65. The number of hydrogen-bond acceptors (Lipinski definition) is 4. The normalized spacial score (nSPS) is 18.7. The van der Waals surface area contributed by atoms with E-state index in [1.807, 2.05) is 12.1 Å². The van der Waals surface area contributed by atoms with E-state index in [0.29, 0.717) is 25.6 Å². The Morgan fingerprint density at radius 3 is 2.54 bits per heavy atom. The van der Waals surface area contributed by atoms with Gasteiger partial charge in [0.05, 0.1) is 19.6 Å². The number of nitrogens with one attached hydrogen (secondary N) is 1. The SMILES string of the molecule is COc1cccc(CN(C(=O)C2CNCCC2c2ccc(CCCOc3c(F)ccc(F)c3Cl)cc2)C2CC2)c1C. The third-order valence-electron chi connectivity index (χ3n) is 8.29. The van der Waals surface area contributed by atoms with Crippen LogP contribution in [0.4, 0.5) is 8.78 Å². The minimum absolute atomic E-state index is 0.125. The van der Waals surface area contributed by atoms with Gasteiger partial charge in [-0.15, -0.1) is 0 Å². The molecule has 3 aromatic rings. The van der Waals surface area contributed by atoms with Crippen molar-refractivity contribution in [1.82, 2.24) is 10.2 Å². The number of nitrogens with zero attached hydrogens (tertiary/aromatic N) is 1. The zero-order chi connectivity index (χ0) is 28.9. The van der Waals surface area contributed by atoms with E-state index in [4.69, 9.17) is 21.1 Å². The van der Waals surface area contributed by atoms with Crippen LogP contribution in [0.25, 0.3) is 0 Å². The highest BCUT2D eigenvalue weighted by atomic mass is 35.5. The van der Waals surface area contributed by atoms with Crippen LogP contribution < -0.4 is 14.8 Å². The Kier molecular flexibility index (Phi) is 9.46. The average molecular weight is 583 g/mol. The van der Waals surface area contributed by atoms with Crippen molar-refractivity contribution in [2.45, 2.75) is 57.5 Å². The highest BCUT2D eigenvalue weighted by molar-refractivity contribution is 6.32. The molecule has 1 saturated heterocycles. The predicted octanol–water partition coefficient (Wildman–Crippen LogP) is 6.83. The fourth-order valence-electron chi connectivity index (χ4n) is 5.76. The number of halogens is 3. The molecule has 5 rings (SSSR count). The number of ether oxygens (including phenoxy) is 2. The van der Waals surface area contributed by atoms with E-state index in [2.05, 4.69) is 47.5 Å². The maximum atomic E-state index is 14.0. The number of amides is 1. The van der Waals surface area contributed by atoms with Gasteiger partial charge in [-0.3, -0.25) is 4.79 Å². The summed E-state index contributed by atoms with van der Waals surface area (Å²) in [6, 6.07) is 16.8. The summed E-state index contributed by atoms with van der Waals surface area (Å²) in [4.78, 5) is 16.1. The molecule has 1 amide bonds. The minimum atomic E-state index is -0.705. The number of rotatable bonds is 11. The van der Waals surface area contributed by atoms with Crippen LogP contribution in [0.15, 0.2) is 54.6 Å². The Balaban J connectivity index is 1.22. The summed E-state index contributed by atoms with van der Waals surface area (Å²) >= 11 is 5.84. The van der Waals surface area contributed by atoms with E-state index >= 15 is 0 Å². The van der Waals surface area contributed by atoms with Crippen molar-refractivity contribution in [3.63, 3.8) is 0 Å². The summed E-state index contributed by atoms with van der Waals surface area (Å²) in [7, 11) is 1.68. The molecule has 2 fully saturated rings. The highest BCUT2D eigenvalue weighted by Crippen LogP contribution is 2.37. The molecule has 218 valence electrons. The van der Waals surface area contributed by atoms with Gasteiger partial charge < -0.3 is 19.7 Å². The maximum Gasteiger partial charge on any atom is 0.228 e. The molecule has 0 aromatic heterocycles. The Morgan fingerprint density at radius 2 is 1.80 bits per heavy atom. The minimum Gasteiger partial charge on any atom is -0.496 e. The van der Waals surface area contributed by atoms with Gasteiger partial charge in [0.1, 0.15) is 16.6 Å². The number of piperidine rings is 1. The zero-order valence-electron chi connectivity index (χ0n) is 23.6.